The van der Waals surface area contributed by atoms with Crippen LogP contribution in [0.5, 0.6) is 0 Å². The van der Waals surface area contributed by atoms with E-state index >= 15 is 0 Å². The van der Waals surface area contributed by atoms with E-state index in [1.54, 1.807) is 11.6 Å². The molecule has 0 saturated heterocycles. The molecule has 1 aromatic rings. The van der Waals surface area contributed by atoms with E-state index in [1.165, 1.54) is 6.20 Å². The van der Waals surface area contributed by atoms with Gasteiger partial charge in [0.25, 0.3) is 5.91 Å². The minimum atomic E-state index is -2.81. The van der Waals surface area contributed by atoms with Gasteiger partial charge < -0.3 is 10.4 Å². The average molecular weight is 317 g/mol. The first-order chi connectivity index (χ1) is 10.3. The van der Waals surface area contributed by atoms with Crippen LogP contribution in [0, 0.1) is 6.92 Å². The highest BCUT2D eigenvalue weighted by Crippen LogP contribution is 2.19. The van der Waals surface area contributed by atoms with Crippen molar-refractivity contribution in [3.63, 3.8) is 0 Å². The maximum atomic E-state index is 12.3. The summed E-state index contributed by atoms with van der Waals surface area (Å²) in [5.74, 6) is -2.19. The van der Waals surface area contributed by atoms with Gasteiger partial charge in [0.1, 0.15) is 6.04 Å². The molecule has 1 aromatic heterocycles. The minimum Gasteiger partial charge on any atom is -0.480 e. The van der Waals surface area contributed by atoms with E-state index in [1.807, 2.05) is 13.8 Å². The maximum Gasteiger partial charge on any atom is 0.326 e. The van der Waals surface area contributed by atoms with Gasteiger partial charge in [0.05, 0.1) is 17.8 Å². The van der Waals surface area contributed by atoms with Crippen molar-refractivity contribution >= 4 is 11.9 Å². The van der Waals surface area contributed by atoms with Crippen molar-refractivity contribution in [3.05, 3.63) is 17.5 Å². The smallest absolute Gasteiger partial charge is 0.326 e. The van der Waals surface area contributed by atoms with E-state index in [0.717, 1.165) is 12.8 Å². The molecule has 0 radical (unpaired) electrons. The predicted octanol–water partition coefficient (Wildman–Crippen LogP) is 2.39. The Morgan fingerprint density at radius 3 is 2.41 bits per heavy atom. The molecule has 0 fully saturated rings. The molecular formula is C14H21F2N3O3. The van der Waals surface area contributed by atoms with Crippen molar-refractivity contribution in [2.75, 3.05) is 0 Å². The molecular weight excluding hydrogens is 296 g/mol. The number of carboxylic acids is 1. The number of carbonyl (C=O) groups excluding carboxylic acids is 1. The van der Waals surface area contributed by atoms with Crippen LogP contribution in [0.15, 0.2) is 6.20 Å². The average Bonchev–Trinajstić information content (AvgIpc) is 2.81. The third-order valence-corrected chi connectivity index (χ3v) is 3.59. The second-order valence-corrected chi connectivity index (χ2v) is 5.05. The zero-order valence-corrected chi connectivity index (χ0v) is 12.8. The zero-order chi connectivity index (χ0) is 16.9. The number of rotatable bonds is 8. The summed E-state index contributed by atoms with van der Waals surface area (Å²) in [6.45, 7) is 5.69. The lowest BCUT2D eigenvalue weighted by molar-refractivity contribution is -0.140. The number of hydrogen-bond acceptors (Lipinski definition) is 3. The minimum absolute atomic E-state index is 0.137. The Kier molecular flexibility index (Phi) is 6.45. The molecule has 0 aliphatic heterocycles. The highest BCUT2D eigenvalue weighted by molar-refractivity contribution is 5.97. The van der Waals surface area contributed by atoms with Gasteiger partial charge in [0.2, 0.25) is 6.43 Å². The van der Waals surface area contributed by atoms with Crippen molar-refractivity contribution in [1.29, 1.82) is 0 Å². The first-order valence-corrected chi connectivity index (χ1v) is 7.17. The zero-order valence-electron chi connectivity index (χ0n) is 12.8. The Morgan fingerprint density at radius 2 is 1.95 bits per heavy atom. The number of carboxylic acid groups (broad SMARTS) is 1. The summed E-state index contributed by atoms with van der Waals surface area (Å²) >= 11 is 0. The number of carbonyl (C=O) groups is 2. The summed E-state index contributed by atoms with van der Waals surface area (Å²) in [7, 11) is 0. The largest absolute Gasteiger partial charge is 0.480 e. The fourth-order valence-corrected chi connectivity index (χ4v) is 2.28. The fourth-order valence-electron chi connectivity index (χ4n) is 2.28. The maximum absolute atomic E-state index is 12.3. The third kappa shape index (κ3) is 4.25. The van der Waals surface area contributed by atoms with Crippen LogP contribution < -0.4 is 5.32 Å². The first-order valence-electron chi connectivity index (χ1n) is 7.17. The summed E-state index contributed by atoms with van der Waals surface area (Å²) < 4.78 is 26.4. The summed E-state index contributed by atoms with van der Waals surface area (Å²) in [5, 5.41) is 15.2. The highest BCUT2D eigenvalue weighted by atomic mass is 19.3. The number of nitrogens with one attached hydrogen (secondary N) is 1. The van der Waals surface area contributed by atoms with Crippen LogP contribution in [0.2, 0.25) is 0 Å². The fraction of sp³-hybridized carbons (Fsp3) is 0.643. The van der Waals surface area contributed by atoms with Gasteiger partial charge in [-0.05, 0) is 19.8 Å². The third-order valence-electron chi connectivity index (χ3n) is 3.59. The van der Waals surface area contributed by atoms with E-state index < -0.39 is 30.8 Å². The second-order valence-electron chi connectivity index (χ2n) is 5.05. The molecule has 22 heavy (non-hydrogen) atoms. The Morgan fingerprint density at radius 1 is 1.36 bits per heavy atom. The van der Waals surface area contributed by atoms with Gasteiger partial charge in [-0.15, -0.1) is 0 Å². The second kappa shape index (κ2) is 7.86. The monoisotopic (exact) mass is 317 g/mol. The van der Waals surface area contributed by atoms with Crippen LogP contribution in [-0.2, 0) is 4.79 Å². The number of aromatic nitrogens is 2. The molecule has 1 rings (SSSR count). The standard InChI is InChI=1S/C14H21F2N3O3/c1-4-9(5-2)19-8(3)10(7-17-19)13(20)18-11(14(21)22)6-12(15)16/h7,9,11-12H,4-6H2,1-3H3,(H,18,20)(H,21,22). The van der Waals surface area contributed by atoms with Crippen molar-refractivity contribution in [3.8, 4) is 0 Å². The normalized spacial score (nSPS) is 12.7. The predicted molar refractivity (Wildman–Crippen MR) is 76.1 cm³/mol. The molecule has 0 aliphatic rings. The molecule has 1 heterocycles. The Hall–Kier alpha value is -1.99. The van der Waals surface area contributed by atoms with Gasteiger partial charge >= 0.3 is 5.97 Å². The van der Waals surface area contributed by atoms with Crippen LogP contribution in [0.3, 0.4) is 0 Å². The van der Waals surface area contributed by atoms with E-state index in [4.69, 9.17) is 5.11 Å². The lowest BCUT2D eigenvalue weighted by Gasteiger charge is -2.16. The number of nitrogens with zero attached hydrogens (tertiary/aromatic N) is 2. The topological polar surface area (TPSA) is 84.2 Å². The molecule has 2 N–H and O–H groups in total. The lowest BCUT2D eigenvalue weighted by atomic mass is 10.1. The number of hydrogen-bond donors (Lipinski definition) is 2. The summed E-state index contributed by atoms with van der Waals surface area (Å²) in [6, 6.07) is -1.48. The molecule has 0 saturated carbocycles. The Labute approximate surface area is 127 Å². The van der Waals surface area contributed by atoms with Crippen molar-refractivity contribution in [1.82, 2.24) is 15.1 Å². The van der Waals surface area contributed by atoms with Gasteiger partial charge in [-0.2, -0.15) is 5.10 Å². The first kappa shape index (κ1) is 18.1. The van der Waals surface area contributed by atoms with E-state index in [2.05, 4.69) is 10.4 Å². The van der Waals surface area contributed by atoms with Gasteiger partial charge in [0, 0.05) is 12.1 Å². The van der Waals surface area contributed by atoms with Crippen LogP contribution >= 0.6 is 0 Å². The van der Waals surface area contributed by atoms with Gasteiger partial charge in [-0.3, -0.25) is 9.48 Å². The number of halogens is 2. The van der Waals surface area contributed by atoms with E-state index in [-0.39, 0.29) is 11.6 Å². The quantitative estimate of drug-likeness (QED) is 0.771. The van der Waals surface area contributed by atoms with Crippen molar-refractivity contribution < 1.29 is 23.5 Å². The Bertz CT molecular complexity index is 527. The molecule has 8 heteroatoms. The molecule has 0 aromatic carbocycles. The number of amides is 1. The molecule has 1 atom stereocenters. The van der Waals surface area contributed by atoms with Crippen LogP contribution in [0.25, 0.3) is 0 Å². The van der Waals surface area contributed by atoms with E-state index in [0.29, 0.717) is 5.69 Å². The SMILES string of the molecule is CCC(CC)n1ncc(C(=O)NC(CC(F)F)C(=O)O)c1C. The van der Waals surface area contributed by atoms with Gasteiger partial charge in [-0.25, -0.2) is 13.6 Å². The lowest BCUT2D eigenvalue weighted by Crippen LogP contribution is -2.42. The van der Waals surface area contributed by atoms with Crippen LogP contribution in [-0.4, -0.2) is 39.2 Å². The van der Waals surface area contributed by atoms with Crippen molar-refractivity contribution in [2.24, 2.45) is 0 Å². The number of aliphatic carboxylic acids is 1. The molecule has 0 spiro atoms. The van der Waals surface area contributed by atoms with Gasteiger partial charge in [-0.1, -0.05) is 13.8 Å². The molecule has 0 bridgehead atoms. The summed E-state index contributed by atoms with van der Waals surface area (Å²) in [6.07, 6.45) is -0.730. The van der Waals surface area contributed by atoms with Crippen LogP contribution in [0.4, 0.5) is 8.78 Å². The molecule has 0 aliphatic carbocycles. The van der Waals surface area contributed by atoms with E-state index in [9.17, 15) is 18.4 Å². The molecule has 124 valence electrons. The van der Waals surface area contributed by atoms with Gasteiger partial charge in [0.15, 0.2) is 0 Å². The molecule has 1 unspecified atom stereocenters. The summed E-state index contributed by atoms with van der Waals surface area (Å²) in [5.41, 5.74) is 0.791. The summed E-state index contributed by atoms with van der Waals surface area (Å²) in [4.78, 5) is 23.0. The Balaban J connectivity index is 2.92. The highest BCUT2D eigenvalue weighted by Gasteiger charge is 2.26. The number of alkyl halides is 2. The van der Waals surface area contributed by atoms with Crippen molar-refractivity contribution in [2.45, 2.75) is 58.5 Å². The molecule has 6 nitrogen and oxygen atoms in total. The molecule has 1 amide bonds. The van der Waals surface area contributed by atoms with Crippen LogP contribution in [0.1, 0.15) is 55.2 Å².